The van der Waals surface area contributed by atoms with E-state index in [9.17, 15) is 0 Å². The summed E-state index contributed by atoms with van der Waals surface area (Å²) in [6.07, 6.45) is 3.95. The molecular formula is C17H32IN5S. The highest BCUT2D eigenvalue weighted by Crippen LogP contribution is 2.17. The molecule has 1 fully saturated rings. The minimum Gasteiger partial charge on any atom is -0.355 e. The predicted molar refractivity (Wildman–Crippen MR) is 115 cm³/mol. The molecule has 0 aliphatic carbocycles. The van der Waals surface area contributed by atoms with Crippen molar-refractivity contribution in [2.75, 3.05) is 26.7 Å². The van der Waals surface area contributed by atoms with E-state index < -0.39 is 0 Å². The lowest BCUT2D eigenvalue weighted by molar-refractivity contribution is 0.157. The minimum atomic E-state index is 0. The summed E-state index contributed by atoms with van der Waals surface area (Å²) in [7, 11) is 1.83. The predicted octanol–water partition coefficient (Wildman–Crippen LogP) is 3.42. The number of nitrogens with one attached hydrogen (secondary N) is 2. The van der Waals surface area contributed by atoms with Crippen LogP contribution < -0.4 is 10.6 Å². The molecular weight excluding hydrogens is 433 g/mol. The van der Waals surface area contributed by atoms with Gasteiger partial charge in [-0.3, -0.25) is 9.89 Å². The molecule has 1 aliphatic heterocycles. The number of guanidine groups is 1. The Hall–Kier alpha value is -0.410. The first-order valence-corrected chi connectivity index (χ1v) is 9.64. The Labute approximate surface area is 167 Å². The zero-order valence-electron chi connectivity index (χ0n) is 15.3. The van der Waals surface area contributed by atoms with Gasteiger partial charge in [0.25, 0.3) is 0 Å². The summed E-state index contributed by atoms with van der Waals surface area (Å²) in [5, 5.41) is 10.1. The largest absolute Gasteiger partial charge is 0.355 e. The molecule has 1 atom stereocenters. The third kappa shape index (κ3) is 6.48. The van der Waals surface area contributed by atoms with E-state index in [4.69, 9.17) is 0 Å². The maximum atomic E-state index is 4.66. The normalized spacial score (nSPS) is 19.2. The van der Waals surface area contributed by atoms with Crippen molar-refractivity contribution in [3.63, 3.8) is 0 Å². The molecule has 0 aromatic carbocycles. The van der Waals surface area contributed by atoms with E-state index in [1.807, 2.05) is 7.05 Å². The van der Waals surface area contributed by atoms with Gasteiger partial charge < -0.3 is 10.6 Å². The Morgan fingerprint density at radius 1 is 1.42 bits per heavy atom. The van der Waals surface area contributed by atoms with Crippen LogP contribution in [0.2, 0.25) is 0 Å². The van der Waals surface area contributed by atoms with E-state index in [1.165, 1.54) is 31.5 Å². The van der Waals surface area contributed by atoms with Crippen LogP contribution in [0.1, 0.15) is 56.7 Å². The summed E-state index contributed by atoms with van der Waals surface area (Å²) in [5.41, 5.74) is 1.18. The Morgan fingerprint density at radius 3 is 2.83 bits per heavy atom. The summed E-state index contributed by atoms with van der Waals surface area (Å²) in [4.78, 5) is 11.6. The maximum absolute atomic E-state index is 4.66. The van der Waals surface area contributed by atoms with Crippen molar-refractivity contribution in [1.82, 2.24) is 20.5 Å². The van der Waals surface area contributed by atoms with Crippen molar-refractivity contribution < 1.29 is 0 Å². The molecule has 1 unspecified atom stereocenters. The quantitative estimate of drug-likeness (QED) is 0.384. The van der Waals surface area contributed by atoms with E-state index in [0.717, 1.165) is 30.6 Å². The van der Waals surface area contributed by atoms with Crippen molar-refractivity contribution in [3.8, 4) is 0 Å². The van der Waals surface area contributed by atoms with E-state index in [0.29, 0.717) is 12.0 Å². The van der Waals surface area contributed by atoms with Crippen LogP contribution in [0.15, 0.2) is 10.4 Å². The number of likely N-dealkylation sites (N-methyl/N-ethyl adjacent to an activating group) is 1. The van der Waals surface area contributed by atoms with Gasteiger partial charge in [-0.1, -0.05) is 27.2 Å². The number of aromatic nitrogens is 1. The Balaban J connectivity index is 0.00000288. The van der Waals surface area contributed by atoms with Gasteiger partial charge in [-0.25, -0.2) is 4.98 Å². The van der Waals surface area contributed by atoms with Gasteiger partial charge in [0, 0.05) is 25.0 Å². The number of aliphatic imine (C=N–C) groups is 1. The molecule has 1 saturated heterocycles. The van der Waals surface area contributed by atoms with Gasteiger partial charge in [-0.2, -0.15) is 0 Å². The van der Waals surface area contributed by atoms with E-state index in [2.05, 4.69) is 51.7 Å². The smallest absolute Gasteiger partial charge is 0.191 e. The second-order valence-electron chi connectivity index (χ2n) is 6.41. The number of halogens is 1. The first-order valence-electron chi connectivity index (χ1n) is 8.76. The average Bonchev–Trinajstić information content (AvgIpc) is 3.04. The maximum Gasteiger partial charge on any atom is 0.191 e. The van der Waals surface area contributed by atoms with Gasteiger partial charge in [0.2, 0.25) is 0 Å². The Kier molecular flexibility index (Phi) is 10.1. The number of rotatable bonds is 6. The molecule has 0 spiro atoms. The van der Waals surface area contributed by atoms with Gasteiger partial charge >= 0.3 is 0 Å². The molecule has 0 bridgehead atoms. The third-order valence-electron chi connectivity index (χ3n) is 4.45. The van der Waals surface area contributed by atoms with Crippen LogP contribution in [0.25, 0.3) is 0 Å². The van der Waals surface area contributed by atoms with Crippen molar-refractivity contribution in [3.05, 3.63) is 16.1 Å². The first kappa shape index (κ1) is 21.6. The van der Waals surface area contributed by atoms with Crippen LogP contribution in [-0.2, 0) is 6.54 Å². The molecule has 138 valence electrons. The Bertz CT molecular complexity index is 503. The van der Waals surface area contributed by atoms with Gasteiger partial charge in [0.15, 0.2) is 5.96 Å². The van der Waals surface area contributed by atoms with Crippen LogP contribution >= 0.6 is 35.3 Å². The SMILES string of the molecule is CCN1CCCCC1CNC(=NC)NCc1nc(C(C)C)cs1.I. The third-order valence-corrected chi connectivity index (χ3v) is 5.32. The van der Waals surface area contributed by atoms with Crippen molar-refractivity contribution in [1.29, 1.82) is 0 Å². The summed E-state index contributed by atoms with van der Waals surface area (Å²) >= 11 is 1.72. The molecule has 2 rings (SSSR count). The standard InChI is InChI=1S/C17H31N5S.HI/c1-5-22-9-7-6-8-14(22)10-19-17(18-4)20-11-16-21-15(12-23-16)13(2)3;/h12-14H,5-11H2,1-4H3,(H2,18,19,20);1H. The molecule has 1 aromatic heterocycles. The topological polar surface area (TPSA) is 52.5 Å². The van der Waals surface area contributed by atoms with Gasteiger partial charge in [-0.05, 0) is 31.8 Å². The lowest BCUT2D eigenvalue weighted by Gasteiger charge is -2.35. The summed E-state index contributed by atoms with van der Waals surface area (Å²) in [5.74, 6) is 1.36. The van der Waals surface area contributed by atoms with E-state index in [-0.39, 0.29) is 24.0 Å². The number of thiazole rings is 1. The second-order valence-corrected chi connectivity index (χ2v) is 7.35. The molecule has 1 aliphatic rings. The van der Waals surface area contributed by atoms with Crippen LogP contribution in [0.5, 0.6) is 0 Å². The molecule has 2 heterocycles. The zero-order valence-corrected chi connectivity index (χ0v) is 18.5. The number of hydrogen-bond acceptors (Lipinski definition) is 4. The first-order chi connectivity index (χ1) is 11.1. The van der Waals surface area contributed by atoms with Crippen LogP contribution in [0.4, 0.5) is 0 Å². The summed E-state index contributed by atoms with van der Waals surface area (Å²) < 4.78 is 0. The fraction of sp³-hybridized carbons (Fsp3) is 0.765. The molecule has 0 amide bonds. The van der Waals surface area contributed by atoms with E-state index in [1.54, 1.807) is 11.3 Å². The zero-order chi connectivity index (χ0) is 16.7. The molecule has 24 heavy (non-hydrogen) atoms. The number of nitrogens with zero attached hydrogens (tertiary/aromatic N) is 3. The molecule has 7 heteroatoms. The van der Waals surface area contributed by atoms with Gasteiger partial charge in [0.05, 0.1) is 12.2 Å². The molecule has 2 N–H and O–H groups in total. The lowest BCUT2D eigenvalue weighted by atomic mass is 10.0. The lowest BCUT2D eigenvalue weighted by Crippen LogP contribution is -2.48. The van der Waals surface area contributed by atoms with Crippen LogP contribution in [-0.4, -0.2) is 48.6 Å². The number of piperidine rings is 1. The van der Waals surface area contributed by atoms with Gasteiger partial charge in [-0.15, -0.1) is 35.3 Å². The Morgan fingerprint density at radius 2 is 2.21 bits per heavy atom. The highest BCUT2D eigenvalue weighted by molar-refractivity contribution is 14.0. The highest BCUT2D eigenvalue weighted by atomic mass is 127. The summed E-state index contributed by atoms with van der Waals surface area (Å²) in [6.45, 7) is 10.7. The molecule has 0 radical (unpaired) electrons. The van der Waals surface area contributed by atoms with E-state index >= 15 is 0 Å². The molecule has 0 saturated carbocycles. The van der Waals surface area contributed by atoms with Gasteiger partial charge in [0.1, 0.15) is 5.01 Å². The summed E-state index contributed by atoms with van der Waals surface area (Å²) in [6, 6.07) is 0.625. The van der Waals surface area contributed by atoms with Crippen molar-refractivity contribution in [2.24, 2.45) is 4.99 Å². The van der Waals surface area contributed by atoms with Crippen molar-refractivity contribution >= 4 is 41.3 Å². The van der Waals surface area contributed by atoms with Crippen LogP contribution in [0.3, 0.4) is 0 Å². The molecule has 5 nitrogen and oxygen atoms in total. The van der Waals surface area contributed by atoms with Crippen molar-refractivity contribution in [2.45, 2.75) is 58.5 Å². The molecule has 1 aromatic rings. The van der Waals surface area contributed by atoms with Crippen LogP contribution in [0, 0.1) is 0 Å². The monoisotopic (exact) mass is 465 g/mol. The number of hydrogen-bond donors (Lipinski definition) is 2. The fourth-order valence-corrected chi connectivity index (χ4v) is 3.87. The highest BCUT2D eigenvalue weighted by Gasteiger charge is 2.20. The second kappa shape index (κ2) is 11.3. The minimum absolute atomic E-state index is 0. The number of likely N-dealkylation sites (tertiary alicyclic amines) is 1. The fourth-order valence-electron chi connectivity index (χ4n) is 2.97. The average molecular weight is 465 g/mol.